The minimum atomic E-state index is -1.28. The van der Waals surface area contributed by atoms with Gasteiger partial charge in [0, 0.05) is 0 Å². The van der Waals surface area contributed by atoms with E-state index in [9.17, 15) is 9.18 Å². The summed E-state index contributed by atoms with van der Waals surface area (Å²) >= 11 is 0. The molecule has 0 saturated heterocycles. The van der Waals surface area contributed by atoms with Gasteiger partial charge < -0.3 is 9.84 Å². The molecule has 0 bridgehead atoms. The summed E-state index contributed by atoms with van der Waals surface area (Å²) in [6.45, 7) is 4.34. The number of halogens is 1. The fourth-order valence-electron chi connectivity index (χ4n) is 2.08. The molecule has 2 aromatic carbocycles. The van der Waals surface area contributed by atoms with Crippen LogP contribution in [0.15, 0.2) is 42.5 Å². The Morgan fingerprint density at radius 2 is 1.95 bits per heavy atom. The number of para-hydroxylation sites is 1. The third-order valence-electron chi connectivity index (χ3n) is 3.20. The van der Waals surface area contributed by atoms with E-state index in [1.54, 1.807) is 0 Å². The first-order chi connectivity index (χ1) is 9.99. The molecule has 0 aliphatic rings. The van der Waals surface area contributed by atoms with Gasteiger partial charge in [0.15, 0.2) is 0 Å². The molecule has 1 N–H and O–H groups in total. The molecule has 21 heavy (non-hydrogen) atoms. The zero-order valence-electron chi connectivity index (χ0n) is 12.0. The normalized spacial score (nSPS) is 10.7. The maximum absolute atomic E-state index is 13.3. The number of carboxylic acids is 1. The Morgan fingerprint density at radius 3 is 2.62 bits per heavy atom. The maximum atomic E-state index is 13.3. The number of carbonyl (C=O) groups is 1. The van der Waals surface area contributed by atoms with Crippen LogP contribution in [-0.4, -0.2) is 11.1 Å². The molecule has 0 aliphatic heterocycles. The fraction of sp³-hybridized carbons (Fsp3) is 0.235. The van der Waals surface area contributed by atoms with Crippen molar-refractivity contribution in [2.75, 3.05) is 0 Å². The van der Waals surface area contributed by atoms with Crippen LogP contribution in [0.5, 0.6) is 5.75 Å². The van der Waals surface area contributed by atoms with E-state index < -0.39 is 11.8 Å². The summed E-state index contributed by atoms with van der Waals surface area (Å²) in [5, 5.41) is 8.91. The van der Waals surface area contributed by atoms with Crippen LogP contribution in [0.2, 0.25) is 0 Å². The molecule has 3 nitrogen and oxygen atoms in total. The molecule has 110 valence electrons. The summed E-state index contributed by atoms with van der Waals surface area (Å²) in [6, 6.07) is 11.7. The molecule has 0 unspecified atom stereocenters. The second-order valence-electron chi connectivity index (χ2n) is 5.10. The van der Waals surface area contributed by atoms with Crippen LogP contribution in [0, 0.1) is 5.82 Å². The van der Waals surface area contributed by atoms with Gasteiger partial charge in [0.05, 0.1) is 5.56 Å². The Morgan fingerprint density at radius 1 is 1.24 bits per heavy atom. The number of ether oxygens (including phenoxy) is 1. The van der Waals surface area contributed by atoms with Crippen LogP contribution in [-0.2, 0) is 6.61 Å². The first-order valence-electron chi connectivity index (χ1n) is 6.72. The third kappa shape index (κ3) is 3.60. The van der Waals surface area contributed by atoms with Crippen molar-refractivity contribution < 1.29 is 19.0 Å². The Balaban J connectivity index is 2.17. The van der Waals surface area contributed by atoms with Gasteiger partial charge in [-0.3, -0.25) is 0 Å². The van der Waals surface area contributed by atoms with Gasteiger partial charge in [-0.05, 0) is 35.2 Å². The van der Waals surface area contributed by atoms with Crippen LogP contribution in [0.1, 0.15) is 41.3 Å². The first kappa shape index (κ1) is 15.0. The Bertz CT molecular complexity index is 650. The van der Waals surface area contributed by atoms with E-state index in [4.69, 9.17) is 9.84 Å². The first-order valence-corrected chi connectivity index (χ1v) is 6.72. The van der Waals surface area contributed by atoms with Crippen LogP contribution in [0.3, 0.4) is 0 Å². The van der Waals surface area contributed by atoms with Gasteiger partial charge in [0.1, 0.15) is 18.2 Å². The van der Waals surface area contributed by atoms with E-state index in [1.165, 1.54) is 12.1 Å². The van der Waals surface area contributed by atoms with E-state index in [-0.39, 0.29) is 12.2 Å². The average Bonchev–Trinajstić information content (AvgIpc) is 2.46. The van der Waals surface area contributed by atoms with E-state index in [1.807, 2.05) is 24.3 Å². The molecule has 0 heterocycles. The van der Waals surface area contributed by atoms with Crippen molar-refractivity contribution in [3.05, 3.63) is 65.0 Å². The largest absolute Gasteiger partial charge is 0.489 e. The number of aromatic carboxylic acids is 1. The molecule has 0 amide bonds. The summed E-state index contributed by atoms with van der Waals surface area (Å²) in [5.74, 6) is -0.941. The van der Waals surface area contributed by atoms with E-state index in [0.717, 1.165) is 17.4 Å². The van der Waals surface area contributed by atoms with Crippen LogP contribution in [0.25, 0.3) is 0 Å². The third-order valence-corrected chi connectivity index (χ3v) is 3.20. The molecule has 0 radical (unpaired) electrons. The monoisotopic (exact) mass is 288 g/mol. The Kier molecular flexibility index (Phi) is 4.58. The highest BCUT2D eigenvalue weighted by atomic mass is 19.1. The van der Waals surface area contributed by atoms with Gasteiger partial charge in [-0.15, -0.1) is 0 Å². The lowest BCUT2D eigenvalue weighted by Crippen LogP contribution is -2.04. The summed E-state index contributed by atoms with van der Waals surface area (Å²) in [6.07, 6.45) is 0. The predicted molar refractivity (Wildman–Crippen MR) is 78.2 cm³/mol. The van der Waals surface area contributed by atoms with Crippen LogP contribution < -0.4 is 4.74 Å². The molecule has 0 aliphatic carbocycles. The second kappa shape index (κ2) is 6.39. The van der Waals surface area contributed by atoms with E-state index >= 15 is 0 Å². The smallest absolute Gasteiger partial charge is 0.338 e. The van der Waals surface area contributed by atoms with Crippen molar-refractivity contribution in [2.45, 2.75) is 26.4 Å². The highest BCUT2D eigenvalue weighted by molar-refractivity contribution is 5.88. The van der Waals surface area contributed by atoms with Crippen molar-refractivity contribution in [2.24, 2.45) is 0 Å². The molecular formula is C17H17FO3. The highest BCUT2D eigenvalue weighted by Crippen LogP contribution is 2.26. The lowest BCUT2D eigenvalue weighted by atomic mass is 10.0. The SMILES string of the molecule is CC(C)c1ccccc1OCc1ccc(F)c(C(=O)O)c1. The van der Waals surface area contributed by atoms with Gasteiger partial charge in [-0.1, -0.05) is 38.1 Å². The molecule has 2 rings (SSSR count). The van der Waals surface area contributed by atoms with Gasteiger partial charge in [-0.2, -0.15) is 0 Å². The van der Waals surface area contributed by atoms with Gasteiger partial charge in [0.25, 0.3) is 0 Å². The van der Waals surface area contributed by atoms with Gasteiger partial charge in [-0.25, -0.2) is 9.18 Å². The zero-order chi connectivity index (χ0) is 15.4. The number of rotatable bonds is 5. The average molecular weight is 288 g/mol. The summed E-state index contributed by atoms with van der Waals surface area (Å²) in [4.78, 5) is 10.9. The minimum Gasteiger partial charge on any atom is -0.489 e. The summed E-state index contributed by atoms with van der Waals surface area (Å²) in [5.41, 5.74) is 1.36. The van der Waals surface area contributed by atoms with Gasteiger partial charge >= 0.3 is 5.97 Å². The number of benzene rings is 2. The number of carboxylic acid groups (broad SMARTS) is 1. The maximum Gasteiger partial charge on any atom is 0.338 e. The fourth-order valence-corrected chi connectivity index (χ4v) is 2.08. The van der Waals surface area contributed by atoms with Gasteiger partial charge in [0.2, 0.25) is 0 Å². The zero-order valence-corrected chi connectivity index (χ0v) is 12.0. The summed E-state index contributed by atoms with van der Waals surface area (Å²) in [7, 11) is 0. The molecule has 0 fully saturated rings. The van der Waals surface area contributed by atoms with Crippen LogP contribution in [0.4, 0.5) is 4.39 Å². The molecule has 2 aromatic rings. The Hall–Kier alpha value is -2.36. The number of hydrogen-bond acceptors (Lipinski definition) is 2. The van der Waals surface area contributed by atoms with Crippen LogP contribution >= 0.6 is 0 Å². The van der Waals surface area contributed by atoms with Crippen molar-refractivity contribution in [3.8, 4) is 5.75 Å². The predicted octanol–water partition coefficient (Wildman–Crippen LogP) is 4.23. The van der Waals surface area contributed by atoms with Crippen molar-refractivity contribution >= 4 is 5.97 Å². The standard InChI is InChI=1S/C17H17FO3/c1-11(2)13-5-3-4-6-16(13)21-10-12-7-8-15(18)14(9-12)17(19)20/h3-9,11H,10H2,1-2H3,(H,19,20). The van der Waals surface area contributed by atoms with E-state index in [0.29, 0.717) is 11.5 Å². The summed E-state index contributed by atoms with van der Waals surface area (Å²) < 4.78 is 19.1. The lowest BCUT2D eigenvalue weighted by Gasteiger charge is -2.14. The molecule has 0 atom stereocenters. The van der Waals surface area contributed by atoms with Crippen molar-refractivity contribution in [3.63, 3.8) is 0 Å². The quantitative estimate of drug-likeness (QED) is 0.895. The number of hydrogen-bond donors (Lipinski definition) is 1. The Labute approximate surface area is 123 Å². The molecular weight excluding hydrogens is 271 g/mol. The molecule has 0 spiro atoms. The lowest BCUT2D eigenvalue weighted by molar-refractivity contribution is 0.0691. The minimum absolute atomic E-state index is 0.199. The molecule has 0 aromatic heterocycles. The molecule has 0 saturated carbocycles. The molecule has 4 heteroatoms. The van der Waals surface area contributed by atoms with E-state index in [2.05, 4.69) is 13.8 Å². The second-order valence-corrected chi connectivity index (χ2v) is 5.10. The van der Waals surface area contributed by atoms with Crippen molar-refractivity contribution in [1.82, 2.24) is 0 Å². The highest BCUT2D eigenvalue weighted by Gasteiger charge is 2.12. The topological polar surface area (TPSA) is 46.5 Å². The van der Waals surface area contributed by atoms with Crippen molar-refractivity contribution in [1.29, 1.82) is 0 Å².